The number of nitrogens with one attached hydrogen (secondary N) is 1. The Hall–Kier alpha value is 0.140. The SMILES string of the molecule is Cc1sc(C2CCCNC2)c(C)c1Br. The zero-order chi connectivity index (χ0) is 10.1. The van der Waals surface area contributed by atoms with Gasteiger partial charge >= 0.3 is 0 Å². The van der Waals surface area contributed by atoms with Crippen LogP contribution in [0.1, 0.15) is 34.1 Å². The molecule has 1 fully saturated rings. The molecule has 0 spiro atoms. The fourth-order valence-electron chi connectivity index (χ4n) is 2.12. The van der Waals surface area contributed by atoms with Crippen LogP contribution in [-0.2, 0) is 0 Å². The molecule has 1 aliphatic heterocycles. The molecule has 2 rings (SSSR count). The molecule has 0 saturated carbocycles. The van der Waals surface area contributed by atoms with E-state index in [1.54, 1.807) is 4.88 Å². The molecule has 1 N–H and O–H groups in total. The Morgan fingerprint density at radius 1 is 1.43 bits per heavy atom. The number of hydrogen-bond donors (Lipinski definition) is 1. The van der Waals surface area contributed by atoms with Crippen LogP contribution in [0, 0.1) is 13.8 Å². The maximum atomic E-state index is 3.66. The van der Waals surface area contributed by atoms with Crippen molar-refractivity contribution in [3.8, 4) is 0 Å². The second kappa shape index (κ2) is 4.33. The van der Waals surface area contributed by atoms with E-state index in [1.807, 2.05) is 11.3 Å². The molecule has 3 heteroatoms. The van der Waals surface area contributed by atoms with Gasteiger partial charge in [-0.15, -0.1) is 11.3 Å². The van der Waals surface area contributed by atoms with E-state index in [-0.39, 0.29) is 0 Å². The summed E-state index contributed by atoms with van der Waals surface area (Å²) in [5, 5.41) is 3.48. The van der Waals surface area contributed by atoms with Crippen molar-refractivity contribution in [2.45, 2.75) is 32.6 Å². The summed E-state index contributed by atoms with van der Waals surface area (Å²) in [6, 6.07) is 0. The smallest absolute Gasteiger partial charge is 0.0343 e. The van der Waals surface area contributed by atoms with Crippen LogP contribution in [0.4, 0.5) is 0 Å². The van der Waals surface area contributed by atoms with E-state index < -0.39 is 0 Å². The number of aryl methyl sites for hydroxylation is 1. The van der Waals surface area contributed by atoms with E-state index in [0.29, 0.717) is 0 Å². The molecule has 14 heavy (non-hydrogen) atoms. The third-order valence-electron chi connectivity index (χ3n) is 2.94. The lowest BCUT2D eigenvalue weighted by atomic mass is 9.96. The normalized spacial score (nSPS) is 22.6. The monoisotopic (exact) mass is 273 g/mol. The number of hydrogen-bond acceptors (Lipinski definition) is 2. The minimum atomic E-state index is 0.749. The van der Waals surface area contributed by atoms with Crippen LogP contribution >= 0.6 is 27.3 Å². The lowest BCUT2D eigenvalue weighted by Gasteiger charge is -2.22. The summed E-state index contributed by atoms with van der Waals surface area (Å²) in [4.78, 5) is 3.00. The largest absolute Gasteiger partial charge is 0.316 e. The number of rotatable bonds is 1. The highest BCUT2D eigenvalue weighted by molar-refractivity contribution is 9.10. The van der Waals surface area contributed by atoms with E-state index >= 15 is 0 Å². The van der Waals surface area contributed by atoms with Gasteiger partial charge in [0.05, 0.1) is 0 Å². The van der Waals surface area contributed by atoms with Gasteiger partial charge in [0.25, 0.3) is 0 Å². The number of thiophene rings is 1. The molecule has 2 heterocycles. The second-order valence-corrected chi connectivity index (χ2v) is 6.05. The average molecular weight is 274 g/mol. The Labute approximate surface area is 98.0 Å². The molecule has 0 aliphatic carbocycles. The molecule has 0 radical (unpaired) electrons. The van der Waals surface area contributed by atoms with Crippen LogP contribution in [-0.4, -0.2) is 13.1 Å². The van der Waals surface area contributed by atoms with Gasteiger partial charge in [0.1, 0.15) is 0 Å². The van der Waals surface area contributed by atoms with Gasteiger partial charge in [0.15, 0.2) is 0 Å². The quantitative estimate of drug-likeness (QED) is 0.825. The highest BCUT2D eigenvalue weighted by Crippen LogP contribution is 2.38. The van der Waals surface area contributed by atoms with E-state index in [2.05, 4.69) is 35.1 Å². The summed E-state index contributed by atoms with van der Waals surface area (Å²) < 4.78 is 1.32. The molecule has 1 aromatic heterocycles. The maximum Gasteiger partial charge on any atom is 0.0343 e. The Kier molecular flexibility index (Phi) is 3.30. The van der Waals surface area contributed by atoms with Crippen molar-refractivity contribution in [2.75, 3.05) is 13.1 Å². The van der Waals surface area contributed by atoms with Crippen LogP contribution in [0.15, 0.2) is 4.47 Å². The maximum absolute atomic E-state index is 3.66. The minimum absolute atomic E-state index is 0.749. The number of halogens is 1. The van der Waals surface area contributed by atoms with Gasteiger partial charge in [-0.05, 0) is 54.7 Å². The van der Waals surface area contributed by atoms with Gasteiger partial charge in [-0.25, -0.2) is 0 Å². The van der Waals surface area contributed by atoms with Gasteiger partial charge in [-0.3, -0.25) is 0 Å². The summed E-state index contributed by atoms with van der Waals surface area (Å²) in [6.45, 7) is 6.79. The van der Waals surface area contributed by atoms with E-state index in [9.17, 15) is 0 Å². The predicted molar refractivity (Wildman–Crippen MR) is 66.3 cm³/mol. The van der Waals surface area contributed by atoms with Crippen LogP contribution in [0.2, 0.25) is 0 Å². The third kappa shape index (κ3) is 1.90. The zero-order valence-electron chi connectivity index (χ0n) is 8.69. The first kappa shape index (κ1) is 10.7. The fourth-order valence-corrected chi connectivity index (χ4v) is 3.91. The standard InChI is InChI=1S/C11H16BrNS/c1-7-10(12)8(2)14-11(7)9-4-3-5-13-6-9/h9,13H,3-6H2,1-2H3. The van der Waals surface area contributed by atoms with Crippen molar-refractivity contribution in [3.63, 3.8) is 0 Å². The third-order valence-corrected chi connectivity index (χ3v) is 5.76. The number of piperidine rings is 1. The summed E-state index contributed by atoms with van der Waals surface area (Å²) in [7, 11) is 0. The van der Waals surface area contributed by atoms with Crippen molar-refractivity contribution >= 4 is 27.3 Å². The first-order chi connectivity index (χ1) is 6.70. The molecule has 0 bridgehead atoms. The van der Waals surface area contributed by atoms with Crippen molar-refractivity contribution in [1.82, 2.24) is 5.32 Å². The summed E-state index contributed by atoms with van der Waals surface area (Å²) in [5.74, 6) is 0.749. The van der Waals surface area contributed by atoms with Crippen LogP contribution in [0.25, 0.3) is 0 Å². The minimum Gasteiger partial charge on any atom is -0.316 e. The topological polar surface area (TPSA) is 12.0 Å². The van der Waals surface area contributed by atoms with Crippen molar-refractivity contribution < 1.29 is 0 Å². The Balaban J connectivity index is 2.26. The molecule has 78 valence electrons. The molecule has 1 aliphatic rings. The van der Waals surface area contributed by atoms with E-state index in [1.165, 1.54) is 34.3 Å². The second-order valence-electron chi connectivity index (χ2n) is 4.00. The molecule has 0 amide bonds. The van der Waals surface area contributed by atoms with Gasteiger partial charge in [-0.2, -0.15) is 0 Å². The van der Waals surface area contributed by atoms with Crippen molar-refractivity contribution in [2.24, 2.45) is 0 Å². The molecule has 1 saturated heterocycles. The van der Waals surface area contributed by atoms with Crippen molar-refractivity contribution in [1.29, 1.82) is 0 Å². The van der Waals surface area contributed by atoms with E-state index in [4.69, 9.17) is 0 Å². The highest BCUT2D eigenvalue weighted by atomic mass is 79.9. The zero-order valence-corrected chi connectivity index (χ0v) is 11.1. The summed E-state index contributed by atoms with van der Waals surface area (Å²) in [5.41, 5.74) is 1.46. The first-order valence-corrected chi connectivity index (χ1v) is 6.77. The van der Waals surface area contributed by atoms with E-state index in [0.717, 1.165) is 12.5 Å². The predicted octanol–water partition coefficient (Wildman–Crippen LogP) is 3.59. The highest BCUT2D eigenvalue weighted by Gasteiger charge is 2.20. The average Bonchev–Trinajstić information content (AvgIpc) is 2.47. The molecule has 0 aromatic carbocycles. The molecular formula is C11H16BrNS. The lowest BCUT2D eigenvalue weighted by Crippen LogP contribution is -2.28. The van der Waals surface area contributed by atoms with Crippen molar-refractivity contribution in [3.05, 3.63) is 19.8 Å². The molecule has 1 aromatic rings. The van der Waals surface area contributed by atoms with Crippen LogP contribution in [0.5, 0.6) is 0 Å². The van der Waals surface area contributed by atoms with Gasteiger partial charge < -0.3 is 5.32 Å². The molecule has 1 atom stereocenters. The van der Waals surface area contributed by atoms with Crippen LogP contribution < -0.4 is 5.32 Å². The fraction of sp³-hybridized carbons (Fsp3) is 0.636. The van der Waals surface area contributed by atoms with Gasteiger partial charge in [0, 0.05) is 26.7 Å². The van der Waals surface area contributed by atoms with Gasteiger partial charge in [-0.1, -0.05) is 0 Å². The molecule has 1 unspecified atom stereocenters. The molecular weight excluding hydrogens is 258 g/mol. The Morgan fingerprint density at radius 2 is 2.21 bits per heavy atom. The lowest BCUT2D eigenvalue weighted by molar-refractivity contribution is 0.465. The molecule has 1 nitrogen and oxygen atoms in total. The summed E-state index contributed by atoms with van der Waals surface area (Å²) >= 11 is 5.62. The summed E-state index contributed by atoms with van der Waals surface area (Å²) in [6.07, 6.45) is 2.67. The van der Waals surface area contributed by atoms with Gasteiger partial charge in [0.2, 0.25) is 0 Å². The first-order valence-electron chi connectivity index (χ1n) is 5.16. The van der Waals surface area contributed by atoms with Crippen LogP contribution in [0.3, 0.4) is 0 Å². The Bertz CT molecular complexity index is 326. The Morgan fingerprint density at radius 3 is 2.71 bits per heavy atom.